The van der Waals surface area contributed by atoms with E-state index < -0.39 is 53.1 Å². The average molecular weight is 843 g/mol. The summed E-state index contributed by atoms with van der Waals surface area (Å²) in [7, 11) is 1.21. The Morgan fingerprint density at radius 3 is 2.31 bits per heavy atom. The standard InChI is InChI=1S/C40H46F4N8O6S/c1-38(2,3)57-36(54)52(37(55)58-39(4,5)6)33-29-32(45-21-46-33)51(22-47-29)19-27-35(59-34(49-27)24-16-26(42)28(56-7)17-25(24)41)50-15-11-14-40(20-50,30(53)31(43)44)48-18-23-12-9-8-10-13-23/h8-10,12-13,16-17,21-22,30-31,48,53H,11,14-15,18-20H2,1-7H3. The minimum atomic E-state index is -3.07. The van der Waals surface area contributed by atoms with E-state index >= 15 is 8.78 Å². The van der Waals surface area contributed by atoms with Crippen molar-refractivity contribution in [1.82, 2.24) is 29.8 Å². The molecule has 2 aromatic carbocycles. The molecule has 59 heavy (non-hydrogen) atoms. The van der Waals surface area contributed by atoms with Gasteiger partial charge in [-0.15, -0.1) is 0 Å². The molecule has 2 N–H and O–H groups in total. The number of nitrogens with zero attached hydrogens (tertiary/aromatic N) is 7. The molecule has 3 aromatic heterocycles. The van der Waals surface area contributed by atoms with Crippen molar-refractivity contribution in [1.29, 1.82) is 0 Å². The highest BCUT2D eigenvalue weighted by Crippen LogP contribution is 2.41. The Hall–Kier alpha value is -5.40. The van der Waals surface area contributed by atoms with Crippen LogP contribution in [0, 0.1) is 11.6 Å². The molecule has 316 valence electrons. The number of imide groups is 1. The summed E-state index contributed by atoms with van der Waals surface area (Å²) in [5.41, 5.74) is -2.33. The maximum Gasteiger partial charge on any atom is 0.425 e. The summed E-state index contributed by atoms with van der Waals surface area (Å²) < 4.78 is 77.0. The van der Waals surface area contributed by atoms with E-state index in [0.717, 1.165) is 35.4 Å². The van der Waals surface area contributed by atoms with Crippen LogP contribution in [0.4, 0.5) is 38.0 Å². The maximum atomic E-state index is 15.6. The van der Waals surface area contributed by atoms with Gasteiger partial charge in [0.15, 0.2) is 28.5 Å². The Labute approximate surface area is 342 Å². The lowest BCUT2D eigenvalue weighted by atomic mass is 9.83. The number of fused-ring (bicyclic) bond motifs is 1. The normalized spacial score (nSPS) is 16.7. The predicted octanol–water partition coefficient (Wildman–Crippen LogP) is 7.72. The van der Waals surface area contributed by atoms with Gasteiger partial charge in [0.25, 0.3) is 6.43 Å². The molecule has 5 aromatic rings. The van der Waals surface area contributed by atoms with Gasteiger partial charge in [-0.1, -0.05) is 41.7 Å². The fourth-order valence-electron chi connectivity index (χ4n) is 6.69. The molecule has 0 radical (unpaired) electrons. The van der Waals surface area contributed by atoms with Crippen molar-refractivity contribution in [2.24, 2.45) is 0 Å². The van der Waals surface area contributed by atoms with Crippen molar-refractivity contribution in [3.8, 4) is 16.3 Å². The first kappa shape index (κ1) is 43.2. The third-order valence-electron chi connectivity index (χ3n) is 9.32. The number of imidazole rings is 1. The number of aliphatic hydroxyl groups is 1. The number of aliphatic hydroxyl groups excluding tert-OH is 1. The SMILES string of the molecule is COc1cc(F)c(-c2nc(Cn3cnc4c(N(C(=O)OC(C)(C)C)C(=O)OC(C)(C)C)ncnc43)c(N3CCCC(NCc4ccccc4)(C(O)C(F)F)C3)s2)cc1F. The first-order valence-electron chi connectivity index (χ1n) is 18.7. The quantitative estimate of drug-likeness (QED) is 0.125. The fourth-order valence-corrected chi connectivity index (χ4v) is 7.81. The molecule has 1 aliphatic heterocycles. The topological polar surface area (TPSA) is 157 Å². The van der Waals surface area contributed by atoms with Gasteiger partial charge in [-0.25, -0.2) is 47.1 Å². The molecule has 2 amide bonds. The summed E-state index contributed by atoms with van der Waals surface area (Å²) in [5.74, 6) is -2.16. The number of benzene rings is 2. The molecule has 0 spiro atoms. The van der Waals surface area contributed by atoms with Crippen LogP contribution in [0.2, 0.25) is 0 Å². The Morgan fingerprint density at radius 2 is 1.68 bits per heavy atom. The molecule has 4 heterocycles. The van der Waals surface area contributed by atoms with E-state index in [1.54, 1.807) is 51.0 Å². The number of amides is 2. The molecule has 6 rings (SSSR count). The molecule has 2 atom stereocenters. The number of alkyl halides is 2. The second kappa shape index (κ2) is 17.1. The molecule has 2 unspecified atom stereocenters. The second-order valence-corrected chi connectivity index (χ2v) is 17.1. The Bertz CT molecular complexity index is 2270. The smallest absolute Gasteiger partial charge is 0.425 e. The van der Waals surface area contributed by atoms with Gasteiger partial charge in [0, 0.05) is 31.3 Å². The number of ether oxygens (including phenoxy) is 3. The summed E-state index contributed by atoms with van der Waals surface area (Å²) in [6.07, 6.45) is -4.14. The maximum absolute atomic E-state index is 15.6. The number of halogens is 4. The molecule has 0 aliphatic carbocycles. The zero-order chi connectivity index (χ0) is 42.9. The summed E-state index contributed by atoms with van der Waals surface area (Å²) in [6.45, 7) is 10.2. The van der Waals surface area contributed by atoms with Gasteiger partial charge in [-0.05, 0) is 66.0 Å². The molecular weight excluding hydrogens is 797 g/mol. The zero-order valence-corrected chi connectivity index (χ0v) is 34.4. The monoisotopic (exact) mass is 842 g/mol. The number of aromatic nitrogens is 5. The van der Waals surface area contributed by atoms with Crippen LogP contribution < -0.4 is 19.9 Å². The third kappa shape index (κ3) is 9.74. The fraction of sp³-hybridized carbons (Fsp3) is 0.450. The number of anilines is 2. The Kier molecular flexibility index (Phi) is 12.5. The molecule has 1 fully saturated rings. The summed E-state index contributed by atoms with van der Waals surface area (Å²) in [4.78, 5) is 47.3. The highest BCUT2D eigenvalue weighted by atomic mass is 32.1. The molecule has 19 heteroatoms. The van der Waals surface area contributed by atoms with E-state index in [0.29, 0.717) is 28.6 Å². The van der Waals surface area contributed by atoms with Crippen LogP contribution in [0.15, 0.2) is 55.1 Å². The lowest BCUT2D eigenvalue weighted by Gasteiger charge is -2.46. The molecule has 0 saturated carbocycles. The van der Waals surface area contributed by atoms with E-state index in [-0.39, 0.29) is 59.4 Å². The van der Waals surface area contributed by atoms with Crippen LogP contribution in [0.5, 0.6) is 5.75 Å². The number of hydrogen-bond donors (Lipinski definition) is 2. The van der Waals surface area contributed by atoms with Crippen LogP contribution in [0.25, 0.3) is 21.7 Å². The number of hydrogen-bond acceptors (Lipinski definition) is 13. The number of carbonyl (C=O) groups is 2. The van der Waals surface area contributed by atoms with Gasteiger partial charge in [0.1, 0.15) is 39.5 Å². The minimum Gasteiger partial charge on any atom is -0.494 e. The largest absolute Gasteiger partial charge is 0.494 e. The lowest BCUT2D eigenvalue weighted by Crippen LogP contribution is -2.65. The number of piperidine rings is 1. The number of thiazole rings is 1. The number of carbonyl (C=O) groups excluding carboxylic acids is 2. The Morgan fingerprint density at radius 1 is 1.00 bits per heavy atom. The van der Waals surface area contributed by atoms with E-state index in [9.17, 15) is 23.5 Å². The van der Waals surface area contributed by atoms with E-state index in [1.165, 1.54) is 13.4 Å². The molecule has 1 saturated heterocycles. The lowest BCUT2D eigenvalue weighted by molar-refractivity contribution is -0.0657. The first-order valence-corrected chi connectivity index (χ1v) is 19.6. The number of nitrogens with one attached hydrogen (secondary N) is 1. The number of rotatable bonds is 11. The molecule has 14 nitrogen and oxygen atoms in total. The van der Waals surface area contributed by atoms with E-state index in [1.807, 2.05) is 30.3 Å². The van der Waals surface area contributed by atoms with Gasteiger partial charge < -0.3 is 34.1 Å². The van der Waals surface area contributed by atoms with Gasteiger partial charge in [0.05, 0.1) is 31.2 Å². The first-order chi connectivity index (χ1) is 27.8. The average Bonchev–Trinajstić information content (AvgIpc) is 3.78. The van der Waals surface area contributed by atoms with Crippen LogP contribution in [0.1, 0.15) is 65.6 Å². The van der Waals surface area contributed by atoms with Crippen molar-refractivity contribution in [3.63, 3.8) is 0 Å². The van der Waals surface area contributed by atoms with Crippen molar-refractivity contribution in [2.45, 2.75) is 96.7 Å². The van der Waals surface area contributed by atoms with Crippen molar-refractivity contribution in [2.75, 3.05) is 30.0 Å². The second-order valence-electron chi connectivity index (χ2n) is 16.1. The van der Waals surface area contributed by atoms with Crippen molar-refractivity contribution < 1.29 is 46.5 Å². The highest BCUT2D eigenvalue weighted by molar-refractivity contribution is 7.19. The van der Waals surface area contributed by atoms with Crippen molar-refractivity contribution >= 4 is 45.5 Å². The summed E-state index contributed by atoms with van der Waals surface area (Å²) >= 11 is 1.02. The molecule has 1 aliphatic rings. The minimum absolute atomic E-state index is 0.0200. The van der Waals surface area contributed by atoms with Crippen LogP contribution in [0.3, 0.4) is 0 Å². The van der Waals surface area contributed by atoms with E-state index in [4.69, 9.17) is 19.2 Å². The van der Waals surface area contributed by atoms with Crippen LogP contribution >= 0.6 is 11.3 Å². The van der Waals surface area contributed by atoms with Gasteiger partial charge in [0.2, 0.25) is 0 Å². The third-order valence-corrected chi connectivity index (χ3v) is 10.5. The van der Waals surface area contributed by atoms with Gasteiger partial charge >= 0.3 is 12.2 Å². The molecular formula is C40H46F4N8O6S. The number of methoxy groups -OCH3 is 1. The van der Waals surface area contributed by atoms with Crippen molar-refractivity contribution in [3.05, 3.63) is 78.0 Å². The van der Waals surface area contributed by atoms with Crippen LogP contribution in [-0.4, -0.2) is 91.3 Å². The van der Waals surface area contributed by atoms with Gasteiger partial charge in [-0.3, -0.25) is 0 Å². The summed E-state index contributed by atoms with van der Waals surface area (Å²) in [6, 6.07) is 11.1. The molecule has 0 bridgehead atoms. The zero-order valence-electron chi connectivity index (χ0n) is 33.6. The van der Waals surface area contributed by atoms with E-state index in [2.05, 4.69) is 20.3 Å². The van der Waals surface area contributed by atoms with Gasteiger partial charge in [-0.2, -0.15) is 4.90 Å². The Balaban J connectivity index is 1.44. The van der Waals surface area contributed by atoms with Crippen LogP contribution in [-0.2, 0) is 22.6 Å². The predicted molar refractivity (Wildman–Crippen MR) is 213 cm³/mol. The highest BCUT2D eigenvalue weighted by Gasteiger charge is 2.46. The summed E-state index contributed by atoms with van der Waals surface area (Å²) in [5, 5.41) is 14.8.